The number of carbonyl (C=O) groups excluding carboxylic acids is 1. The Balaban J connectivity index is 1.78. The molecule has 1 aromatic heterocycles. The minimum Gasteiger partial charge on any atom is -0.497 e. The van der Waals surface area contributed by atoms with Crippen molar-refractivity contribution in [3.05, 3.63) is 71.9 Å². The highest BCUT2D eigenvalue weighted by Crippen LogP contribution is 2.22. The Morgan fingerprint density at radius 2 is 1.85 bits per heavy atom. The highest BCUT2D eigenvalue weighted by molar-refractivity contribution is 6.03. The first-order chi connectivity index (χ1) is 13.0. The first kappa shape index (κ1) is 18.2. The van der Waals surface area contributed by atoms with Crippen molar-refractivity contribution in [3.63, 3.8) is 0 Å². The van der Waals surface area contributed by atoms with E-state index >= 15 is 0 Å². The van der Waals surface area contributed by atoms with Crippen molar-refractivity contribution < 1.29 is 22.7 Å². The average Bonchev–Trinajstić information content (AvgIpc) is 2.68. The van der Waals surface area contributed by atoms with E-state index in [1.165, 1.54) is 13.2 Å². The lowest BCUT2D eigenvalue weighted by Crippen LogP contribution is -2.16. The number of benzene rings is 2. The number of anilines is 3. The number of nitrogens with zero attached hydrogens (tertiary/aromatic N) is 2. The summed E-state index contributed by atoms with van der Waals surface area (Å²) in [6, 6.07) is 9.97. The van der Waals surface area contributed by atoms with Crippen molar-refractivity contribution >= 4 is 23.1 Å². The molecular weight excluding hydrogens is 361 g/mol. The Labute approximate surface area is 152 Å². The molecule has 27 heavy (non-hydrogen) atoms. The second kappa shape index (κ2) is 7.73. The maximum absolute atomic E-state index is 13.7. The summed E-state index contributed by atoms with van der Waals surface area (Å²) in [4.78, 5) is 20.0. The van der Waals surface area contributed by atoms with Gasteiger partial charge in [0, 0.05) is 17.8 Å². The average molecular weight is 374 g/mol. The van der Waals surface area contributed by atoms with E-state index in [2.05, 4.69) is 20.6 Å². The summed E-state index contributed by atoms with van der Waals surface area (Å²) in [7, 11) is 1.53. The fourth-order valence-corrected chi connectivity index (χ4v) is 2.21. The molecule has 0 aliphatic carbocycles. The van der Waals surface area contributed by atoms with Gasteiger partial charge in [-0.25, -0.2) is 23.1 Å². The van der Waals surface area contributed by atoms with Crippen LogP contribution in [0.4, 0.5) is 30.4 Å². The molecule has 1 heterocycles. The minimum absolute atomic E-state index is 0.0977. The smallest absolute Gasteiger partial charge is 0.274 e. The Morgan fingerprint density at radius 3 is 2.63 bits per heavy atom. The Morgan fingerprint density at radius 1 is 1.04 bits per heavy atom. The van der Waals surface area contributed by atoms with Crippen molar-refractivity contribution in [3.8, 4) is 5.75 Å². The molecule has 2 aromatic carbocycles. The second-order valence-corrected chi connectivity index (χ2v) is 5.32. The van der Waals surface area contributed by atoms with Gasteiger partial charge in [-0.15, -0.1) is 0 Å². The van der Waals surface area contributed by atoms with Gasteiger partial charge in [-0.05, 0) is 24.3 Å². The summed E-state index contributed by atoms with van der Waals surface area (Å²) in [5, 5.41) is 5.12. The molecule has 0 aliphatic heterocycles. The van der Waals surface area contributed by atoms with Crippen molar-refractivity contribution in [2.24, 2.45) is 0 Å². The summed E-state index contributed by atoms with van der Waals surface area (Å²) < 4.78 is 45.0. The lowest BCUT2D eigenvalue weighted by Gasteiger charge is -2.09. The van der Waals surface area contributed by atoms with Crippen molar-refractivity contribution in [1.82, 2.24) is 9.97 Å². The molecule has 0 saturated heterocycles. The van der Waals surface area contributed by atoms with E-state index < -0.39 is 29.0 Å². The van der Waals surface area contributed by atoms with Crippen molar-refractivity contribution in [2.75, 3.05) is 17.7 Å². The monoisotopic (exact) mass is 374 g/mol. The SMILES string of the molecule is COc1cccc(Nc2cc(C(=O)Nc3ccc(F)c(F)c3F)ncn2)c1. The van der Waals surface area contributed by atoms with Gasteiger partial charge in [0.1, 0.15) is 23.6 Å². The first-order valence-corrected chi connectivity index (χ1v) is 7.66. The molecule has 0 atom stereocenters. The standard InChI is InChI=1S/C18H13F3N4O2/c1-27-11-4-2-3-10(7-11)24-15-8-14(22-9-23-15)18(26)25-13-6-5-12(19)16(20)17(13)21/h2-9H,1H3,(H,25,26)(H,22,23,24). The molecule has 0 radical (unpaired) electrons. The third-order valence-corrected chi connectivity index (χ3v) is 3.53. The molecule has 0 unspecified atom stereocenters. The lowest BCUT2D eigenvalue weighted by atomic mass is 10.2. The highest BCUT2D eigenvalue weighted by Gasteiger charge is 2.17. The quantitative estimate of drug-likeness (QED) is 0.663. The number of amides is 1. The molecule has 9 heteroatoms. The van der Waals surface area contributed by atoms with E-state index in [0.717, 1.165) is 12.4 Å². The predicted octanol–water partition coefficient (Wildman–Crippen LogP) is 3.90. The molecule has 2 N–H and O–H groups in total. The largest absolute Gasteiger partial charge is 0.497 e. The van der Waals surface area contributed by atoms with E-state index in [1.54, 1.807) is 24.3 Å². The van der Waals surface area contributed by atoms with Gasteiger partial charge in [-0.3, -0.25) is 4.79 Å². The van der Waals surface area contributed by atoms with Crippen LogP contribution >= 0.6 is 0 Å². The van der Waals surface area contributed by atoms with Gasteiger partial charge in [-0.1, -0.05) is 6.07 Å². The Bertz CT molecular complexity index is 998. The van der Waals surface area contributed by atoms with Crippen molar-refractivity contribution in [1.29, 1.82) is 0 Å². The third kappa shape index (κ3) is 4.14. The highest BCUT2D eigenvalue weighted by atomic mass is 19.2. The molecule has 3 rings (SSSR count). The van der Waals surface area contributed by atoms with E-state index in [4.69, 9.17) is 4.74 Å². The number of halogens is 3. The zero-order chi connectivity index (χ0) is 19.4. The van der Waals surface area contributed by atoms with E-state index in [9.17, 15) is 18.0 Å². The van der Waals surface area contributed by atoms with Crippen LogP contribution in [0.25, 0.3) is 0 Å². The van der Waals surface area contributed by atoms with Crippen LogP contribution in [0.15, 0.2) is 48.8 Å². The summed E-state index contributed by atoms with van der Waals surface area (Å²) in [5.74, 6) is -4.40. The van der Waals surface area contributed by atoms with Crippen LogP contribution in [0, 0.1) is 17.5 Å². The first-order valence-electron chi connectivity index (χ1n) is 7.66. The molecule has 0 aliphatic rings. The number of ether oxygens (including phenoxy) is 1. The van der Waals surface area contributed by atoms with E-state index in [0.29, 0.717) is 23.3 Å². The van der Waals surface area contributed by atoms with Crippen LogP contribution < -0.4 is 15.4 Å². The van der Waals surface area contributed by atoms with Gasteiger partial charge in [0.2, 0.25) is 0 Å². The molecule has 0 fully saturated rings. The van der Waals surface area contributed by atoms with Crippen LogP contribution in [-0.2, 0) is 0 Å². The van der Waals surface area contributed by atoms with Gasteiger partial charge < -0.3 is 15.4 Å². The molecule has 0 bridgehead atoms. The van der Waals surface area contributed by atoms with Gasteiger partial charge in [-0.2, -0.15) is 0 Å². The number of aromatic nitrogens is 2. The number of hydrogen-bond donors (Lipinski definition) is 2. The lowest BCUT2D eigenvalue weighted by molar-refractivity contribution is 0.102. The summed E-state index contributed by atoms with van der Waals surface area (Å²) in [6.45, 7) is 0. The predicted molar refractivity (Wildman–Crippen MR) is 92.6 cm³/mol. The molecule has 3 aromatic rings. The summed E-state index contributed by atoms with van der Waals surface area (Å²) in [5.41, 5.74) is 0.0606. The third-order valence-electron chi connectivity index (χ3n) is 3.53. The van der Waals surface area contributed by atoms with E-state index in [-0.39, 0.29) is 5.69 Å². The summed E-state index contributed by atoms with van der Waals surface area (Å²) in [6.07, 6.45) is 1.14. The Kier molecular flexibility index (Phi) is 5.20. The van der Waals surface area contributed by atoms with Gasteiger partial charge in [0.25, 0.3) is 5.91 Å². The number of hydrogen-bond acceptors (Lipinski definition) is 5. The molecule has 0 spiro atoms. The number of carbonyl (C=O) groups is 1. The minimum atomic E-state index is -1.67. The number of rotatable bonds is 5. The zero-order valence-corrected chi connectivity index (χ0v) is 14.0. The van der Waals surface area contributed by atoms with E-state index in [1.807, 2.05) is 0 Å². The second-order valence-electron chi connectivity index (χ2n) is 5.32. The van der Waals surface area contributed by atoms with Crippen LogP contribution in [-0.4, -0.2) is 23.0 Å². The maximum Gasteiger partial charge on any atom is 0.274 e. The zero-order valence-electron chi connectivity index (χ0n) is 14.0. The Hall–Kier alpha value is -3.62. The summed E-state index contributed by atoms with van der Waals surface area (Å²) >= 11 is 0. The molecule has 138 valence electrons. The number of methoxy groups -OCH3 is 1. The van der Waals surface area contributed by atoms with Crippen molar-refractivity contribution in [2.45, 2.75) is 0 Å². The fourth-order valence-electron chi connectivity index (χ4n) is 2.21. The fraction of sp³-hybridized carbons (Fsp3) is 0.0556. The normalized spacial score (nSPS) is 10.4. The topological polar surface area (TPSA) is 76.1 Å². The molecule has 0 saturated carbocycles. The number of nitrogens with one attached hydrogen (secondary N) is 2. The van der Waals surface area contributed by atoms with Crippen LogP contribution in [0.3, 0.4) is 0 Å². The molecular formula is C18H13F3N4O2. The molecule has 6 nitrogen and oxygen atoms in total. The maximum atomic E-state index is 13.7. The van der Waals surface area contributed by atoms with Gasteiger partial charge in [0.15, 0.2) is 17.5 Å². The van der Waals surface area contributed by atoms with Gasteiger partial charge >= 0.3 is 0 Å². The van der Waals surface area contributed by atoms with Crippen LogP contribution in [0.2, 0.25) is 0 Å². The molecule has 1 amide bonds. The van der Waals surface area contributed by atoms with Crippen LogP contribution in [0.5, 0.6) is 5.75 Å². The van der Waals surface area contributed by atoms with Crippen LogP contribution in [0.1, 0.15) is 10.5 Å². The van der Waals surface area contributed by atoms with Gasteiger partial charge in [0.05, 0.1) is 12.8 Å².